The molecule has 0 aliphatic rings. The Morgan fingerprint density at radius 2 is 1.48 bits per heavy atom. The van der Waals surface area contributed by atoms with Gasteiger partial charge in [-0.25, -0.2) is 21.2 Å². The minimum absolute atomic E-state index is 0.0222. The fraction of sp³-hybridized carbons (Fsp3) is 0.0769. The van der Waals surface area contributed by atoms with Gasteiger partial charge in [0.15, 0.2) is 0 Å². The van der Waals surface area contributed by atoms with Crippen LogP contribution in [0.2, 0.25) is 5.02 Å². The van der Waals surface area contributed by atoms with Gasteiger partial charge in [0.2, 0.25) is 0 Å². The topological polar surface area (TPSA) is 80.3 Å². The quantitative estimate of drug-likeness (QED) is 0.771. The van der Waals surface area contributed by atoms with E-state index in [0.717, 1.165) is 0 Å². The van der Waals surface area contributed by atoms with Gasteiger partial charge in [0.1, 0.15) is 10.7 Å². The van der Waals surface area contributed by atoms with Crippen LogP contribution in [-0.4, -0.2) is 22.3 Å². The fourth-order valence-electron chi connectivity index (χ4n) is 1.71. The Balaban J connectivity index is 2.50. The number of sulfone groups is 1. The molecule has 25 heavy (non-hydrogen) atoms. The average molecular weight is 418 g/mol. The zero-order chi connectivity index (χ0) is 19.0. The first kappa shape index (κ1) is 19.5. The van der Waals surface area contributed by atoms with Crippen molar-refractivity contribution in [3.8, 4) is 0 Å². The lowest BCUT2D eigenvalue weighted by Crippen LogP contribution is -2.25. The molecule has 0 atom stereocenters. The van der Waals surface area contributed by atoms with Crippen LogP contribution in [0.4, 0.5) is 23.2 Å². The highest BCUT2D eigenvalue weighted by Crippen LogP contribution is 2.33. The van der Waals surface area contributed by atoms with Crippen molar-refractivity contribution < 1.29 is 34.4 Å². The summed E-state index contributed by atoms with van der Waals surface area (Å²) in [7, 11) is -10.5. The number of anilines is 1. The highest BCUT2D eigenvalue weighted by atomic mass is 35.5. The van der Waals surface area contributed by atoms with E-state index < -0.39 is 41.0 Å². The van der Waals surface area contributed by atoms with E-state index in [2.05, 4.69) is 0 Å². The minimum Gasteiger partial charge on any atom is -0.280 e. The van der Waals surface area contributed by atoms with E-state index in [1.165, 1.54) is 24.3 Å². The molecule has 12 heteroatoms. The SMILES string of the molecule is O=S(=O)(Nc1ccc(Cl)cc1)c1ccc(F)c(S(=O)(=O)C(F)(F)F)c1. The molecular formula is C13H8ClF4NO4S2. The van der Waals surface area contributed by atoms with Gasteiger partial charge in [0.05, 0.1) is 4.90 Å². The summed E-state index contributed by atoms with van der Waals surface area (Å²) in [5.74, 6) is -1.72. The van der Waals surface area contributed by atoms with Crippen LogP contribution in [0.1, 0.15) is 0 Å². The maximum absolute atomic E-state index is 13.5. The maximum Gasteiger partial charge on any atom is 0.502 e. The summed E-state index contributed by atoms with van der Waals surface area (Å²) >= 11 is 5.64. The molecule has 2 aromatic rings. The molecular weight excluding hydrogens is 410 g/mol. The number of sulfonamides is 1. The third kappa shape index (κ3) is 4.05. The number of benzene rings is 2. The van der Waals surface area contributed by atoms with Crippen molar-refractivity contribution in [3.63, 3.8) is 0 Å². The number of alkyl halides is 3. The lowest BCUT2D eigenvalue weighted by Gasteiger charge is -2.12. The lowest BCUT2D eigenvalue weighted by atomic mass is 10.3. The molecule has 0 aliphatic carbocycles. The van der Waals surface area contributed by atoms with E-state index in [1.807, 2.05) is 4.72 Å². The van der Waals surface area contributed by atoms with Crippen LogP contribution in [0.15, 0.2) is 52.3 Å². The number of hydrogen-bond donors (Lipinski definition) is 1. The number of nitrogens with one attached hydrogen (secondary N) is 1. The Morgan fingerprint density at radius 3 is 2.00 bits per heavy atom. The molecule has 0 bridgehead atoms. The molecule has 136 valence electrons. The van der Waals surface area contributed by atoms with Gasteiger partial charge >= 0.3 is 5.51 Å². The van der Waals surface area contributed by atoms with Gasteiger partial charge in [-0.3, -0.25) is 4.72 Å². The second kappa shape index (κ2) is 6.46. The summed E-state index contributed by atoms with van der Waals surface area (Å²) < 4.78 is 100. The predicted molar refractivity (Wildman–Crippen MR) is 81.9 cm³/mol. The van der Waals surface area contributed by atoms with Gasteiger partial charge in [-0.2, -0.15) is 13.2 Å². The number of hydrogen-bond acceptors (Lipinski definition) is 4. The zero-order valence-corrected chi connectivity index (χ0v) is 14.3. The van der Waals surface area contributed by atoms with E-state index in [4.69, 9.17) is 11.6 Å². The Labute approximate surface area is 145 Å². The van der Waals surface area contributed by atoms with E-state index in [-0.39, 0.29) is 11.8 Å². The molecule has 0 unspecified atom stereocenters. The smallest absolute Gasteiger partial charge is 0.280 e. The summed E-state index contributed by atoms with van der Waals surface area (Å²) in [6.07, 6.45) is 0. The summed E-state index contributed by atoms with van der Waals surface area (Å²) in [5, 5.41) is 0.309. The summed E-state index contributed by atoms with van der Waals surface area (Å²) in [6.45, 7) is 0. The molecule has 2 rings (SSSR count). The van der Waals surface area contributed by atoms with Crippen molar-refractivity contribution in [2.24, 2.45) is 0 Å². The number of halogens is 5. The monoisotopic (exact) mass is 417 g/mol. The molecule has 0 amide bonds. The average Bonchev–Trinajstić information content (AvgIpc) is 2.48. The Hall–Kier alpha value is -1.85. The third-order valence-electron chi connectivity index (χ3n) is 2.90. The van der Waals surface area contributed by atoms with E-state index in [1.54, 1.807) is 0 Å². The maximum atomic E-state index is 13.5. The molecule has 1 N–H and O–H groups in total. The Morgan fingerprint density at radius 1 is 0.920 bits per heavy atom. The first-order chi connectivity index (χ1) is 11.3. The second-order valence-corrected chi connectivity index (χ2v) is 8.68. The van der Waals surface area contributed by atoms with Gasteiger partial charge in [-0.15, -0.1) is 0 Å². The van der Waals surface area contributed by atoms with Crippen LogP contribution in [0.3, 0.4) is 0 Å². The van der Waals surface area contributed by atoms with Crippen molar-refractivity contribution in [3.05, 3.63) is 53.3 Å². The summed E-state index contributed by atoms with van der Waals surface area (Å²) in [5.41, 5.74) is -5.76. The van der Waals surface area contributed by atoms with Crippen LogP contribution >= 0.6 is 11.6 Å². The van der Waals surface area contributed by atoms with Crippen molar-refractivity contribution in [2.75, 3.05) is 4.72 Å². The summed E-state index contributed by atoms with van der Waals surface area (Å²) in [4.78, 5) is -2.63. The predicted octanol–water partition coefficient (Wildman–Crippen LogP) is 3.57. The normalized spacial score (nSPS) is 12.8. The molecule has 0 saturated carbocycles. The largest absolute Gasteiger partial charge is 0.502 e. The van der Waals surface area contributed by atoms with Gasteiger partial charge in [0, 0.05) is 10.7 Å². The van der Waals surface area contributed by atoms with Crippen molar-refractivity contribution in [2.45, 2.75) is 15.3 Å². The Bertz CT molecular complexity index is 1000. The molecule has 0 fully saturated rings. The summed E-state index contributed by atoms with van der Waals surface area (Å²) in [6, 6.07) is 6.33. The second-order valence-electron chi connectivity index (χ2n) is 4.65. The van der Waals surface area contributed by atoms with Crippen molar-refractivity contribution >= 4 is 37.1 Å². The van der Waals surface area contributed by atoms with Crippen molar-refractivity contribution in [1.29, 1.82) is 0 Å². The highest BCUT2D eigenvalue weighted by Gasteiger charge is 2.48. The van der Waals surface area contributed by atoms with Crippen LogP contribution in [0, 0.1) is 5.82 Å². The molecule has 0 saturated heterocycles. The minimum atomic E-state index is -6.05. The molecule has 2 aromatic carbocycles. The number of rotatable bonds is 4. The standard InChI is InChI=1S/C13H8ClF4NO4S2/c14-8-1-3-9(4-2-8)19-25(22,23)10-5-6-11(15)12(7-10)24(20,21)13(16,17)18/h1-7,19H. The van der Waals surface area contributed by atoms with Gasteiger partial charge in [0.25, 0.3) is 19.9 Å². The lowest BCUT2D eigenvalue weighted by molar-refractivity contribution is -0.0437. The molecule has 0 aliphatic heterocycles. The first-order valence-electron chi connectivity index (χ1n) is 6.24. The van der Waals surface area contributed by atoms with E-state index in [0.29, 0.717) is 17.2 Å². The molecule has 0 aromatic heterocycles. The van der Waals surface area contributed by atoms with Crippen LogP contribution < -0.4 is 4.72 Å². The third-order valence-corrected chi connectivity index (χ3v) is 6.04. The molecule has 0 heterocycles. The Kier molecular flexibility index (Phi) is 5.04. The van der Waals surface area contributed by atoms with Crippen LogP contribution in [0.25, 0.3) is 0 Å². The molecule has 0 spiro atoms. The van der Waals surface area contributed by atoms with Crippen LogP contribution in [-0.2, 0) is 19.9 Å². The van der Waals surface area contributed by atoms with Gasteiger partial charge in [-0.1, -0.05) is 11.6 Å². The van der Waals surface area contributed by atoms with Crippen LogP contribution in [0.5, 0.6) is 0 Å². The molecule has 5 nitrogen and oxygen atoms in total. The van der Waals surface area contributed by atoms with Crippen molar-refractivity contribution in [1.82, 2.24) is 0 Å². The van der Waals surface area contributed by atoms with E-state index >= 15 is 0 Å². The van der Waals surface area contributed by atoms with E-state index in [9.17, 15) is 34.4 Å². The first-order valence-corrected chi connectivity index (χ1v) is 9.58. The van der Waals surface area contributed by atoms with Gasteiger partial charge < -0.3 is 0 Å². The zero-order valence-electron chi connectivity index (χ0n) is 11.9. The fourth-order valence-corrected chi connectivity index (χ4v) is 3.85. The molecule has 0 radical (unpaired) electrons. The highest BCUT2D eigenvalue weighted by molar-refractivity contribution is 7.93. The van der Waals surface area contributed by atoms with Gasteiger partial charge in [-0.05, 0) is 42.5 Å².